The fourth-order valence-corrected chi connectivity index (χ4v) is 2.90. The fourth-order valence-electron chi connectivity index (χ4n) is 2.90. The van der Waals surface area contributed by atoms with Gasteiger partial charge in [0.1, 0.15) is 22.7 Å². The Bertz CT molecular complexity index is 1150. The summed E-state index contributed by atoms with van der Waals surface area (Å²) in [6.45, 7) is 1.83. The maximum Gasteiger partial charge on any atom is 0.344 e. The number of esters is 1. The van der Waals surface area contributed by atoms with Gasteiger partial charge in [-0.2, -0.15) is 0 Å². The van der Waals surface area contributed by atoms with Gasteiger partial charge in [0.15, 0.2) is 6.61 Å². The van der Waals surface area contributed by atoms with Crippen LogP contribution in [0.4, 0.5) is 0 Å². The fraction of sp³-hybridized carbons (Fsp3) is 0.143. The Morgan fingerprint density at radius 3 is 2.67 bits per heavy atom. The van der Waals surface area contributed by atoms with Crippen molar-refractivity contribution >= 4 is 27.9 Å². The van der Waals surface area contributed by atoms with Gasteiger partial charge in [0, 0.05) is 22.4 Å². The van der Waals surface area contributed by atoms with E-state index in [0.717, 1.165) is 11.0 Å². The summed E-state index contributed by atoms with van der Waals surface area (Å²) < 4.78 is 21.5. The van der Waals surface area contributed by atoms with Gasteiger partial charge in [-0.25, -0.2) is 9.59 Å². The van der Waals surface area contributed by atoms with Crippen molar-refractivity contribution in [1.29, 1.82) is 0 Å². The lowest BCUT2D eigenvalue weighted by molar-refractivity contribution is -0.145. The van der Waals surface area contributed by atoms with Crippen LogP contribution >= 0.6 is 0 Å². The van der Waals surface area contributed by atoms with E-state index < -0.39 is 11.6 Å². The van der Waals surface area contributed by atoms with Gasteiger partial charge >= 0.3 is 11.6 Å². The summed E-state index contributed by atoms with van der Waals surface area (Å²) in [7, 11) is 0. The molecule has 0 unspecified atom stereocenters. The molecule has 6 nitrogen and oxygen atoms in total. The van der Waals surface area contributed by atoms with Gasteiger partial charge in [-0.05, 0) is 37.3 Å². The molecule has 0 aliphatic heterocycles. The summed E-state index contributed by atoms with van der Waals surface area (Å²) in [4.78, 5) is 23.5. The Hall–Kier alpha value is -3.54. The highest BCUT2D eigenvalue weighted by atomic mass is 16.6. The Labute approximate surface area is 153 Å². The second-order valence-electron chi connectivity index (χ2n) is 5.88. The highest BCUT2D eigenvalue weighted by Gasteiger charge is 2.14. The van der Waals surface area contributed by atoms with Gasteiger partial charge < -0.3 is 18.3 Å². The Morgan fingerprint density at radius 1 is 1.00 bits per heavy atom. The Morgan fingerprint density at radius 2 is 1.85 bits per heavy atom. The highest BCUT2D eigenvalue weighted by Crippen LogP contribution is 2.33. The third kappa shape index (κ3) is 3.42. The lowest BCUT2D eigenvalue weighted by atomic mass is 10.1. The molecule has 4 rings (SSSR count). The summed E-state index contributed by atoms with van der Waals surface area (Å²) in [5.41, 5.74) is 1.25. The quantitative estimate of drug-likeness (QED) is 0.391. The first-order valence-corrected chi connectivity index (χ1v) is 8.49. The van der Waals surface area contributed by atoms with E-state index in [9.17, 15) is 9.59 Å². The van der Waals surface area contributed by atoms with Crippen LogP contribution in [0.15, 0.2) is 68.2 Å². The molecule has 0 aliphatic carbocycles. The number of hydrogen-bond acceptors (Lipinski definition) is 6. The molecule has 0 bridgehead atoms. The SMILES string of the molecule is CCOC(=O)COc1ccc2oc(=O)cc(-c3cc4ccccc4o3)c2c1. The summed E-state index contributed by atoms with van der Waals surface area (Å²) in [5.74, 6) is 0.563. The van der Waals surface area contributed by atoms with Crippen LogP contribution in [-0.4, -0.2) is 19.2 Å². The van der Waals surface area contributed by atoms with Gasteiger partial charge in [-0.15, -0.1) is 0 Å². The minimum absolute atomic E-state index is 0.198. The van der Waals surface area contributed by atoms with E-state index in [1.54, 1.807) is 25.1 Å². The summed E-state index contributed by atoms with van der Waals surface area (Å²) in [6.07, 6.45) is 0. The Kier molecular flexibility index (Phi) is 4.38. The first-order chi connectivity index (χ1) is 13.1. The maximum absolute atomic E-state index is 12.0. The lowest BCUT2D eigenvalue weighted by Gasteiger charge is -2.08. The van der Waals surface area contributed by atoms with Crippen LogP contribution in [0.2, 0.25) is 0 Å². The average molecular weight is 364 g/mol. The third-order valence-electron chi connectivity index (χ3n) is 4.07. The first-order valence-electron chi connectivity index (χ1n) is 8.49. The lowest BCUT2D eigenvalue weighted by Crippen LogP contribution is -2.14. The summed E-state index contributed by atoms with van der Waals surface area (Å²) >= 11 is 0. The number of para-hydroxylation sites is 1. The second kappa shape index (κ2) is 6.99. The van der Waals surface area contributed by atoms with Crippen LogP contribution in [0.25, 0.3) is 33.3 Å². The van der Waals surface area contributed by atoms with Crippen molar-refractivity contribution in [3.8, 4) is 17.1 Å². The molecule has 2 aromatic heterocycles. The van der Waals surface area contributed by atoms with Crippen molar-refractivity contribution in [2.75, 3.05) is 13.2 Å². The monoisotopic (exact) mass is 364 g/mol. The third-order valence-corrected chi connectivity index (χ3v) is 4.07. The van der Waals surface area contributed by atoms with E-state index in [0.29, 0.717) is 34.6 Å². The van der Waals surface area contributed by atoms with Gasteiger partial charge in [0.25, 0.3) is 0 Å². The zero-order valence-corrected chi connectivity index (χ0v) is 14.6. The Balaban J connectivity index is 1.78. The summed E-state index contributed by atoms with van der Waals surface area (Å²) in [5, 5.41) is 1.58. The number of rotatable bonds is 5. The predicted molar refractivity (Wildman–Crippen MR) is 99.8 cm³/mol. The smallest absolute Gasteiger partial charge is 0.344 e. The molecule has 0 radical (unpaired) electrons. The number of furan rings is 1. The first kappa shape index (κ1) is 16.9. The van der Waals surface area contributed by atoms with E-state index in [-0.39, 0.29) is 6.61 Å². The van der Waals surface area contributed by atoms with Crippen molar-refractivity contribution in [3.63, 3.8) is 0 Å². The van der Waals surface area contributed by atoms with E-state index in [2.05, 4.69) is 0 Å². The second-order valence-corrected chi connectivity index (χ2v) is 5.88. The molecule has 0 N–H and O–H groups in total. The standard InChI is InChI=1S/C21H16O6/c1-2-24-21(23)12-25-14-7-8-18-15(10-14)16(11-20(22)27-18)19-9-13-5-3-4-6-17(13)26-19/h3-11H,2,12H2,1H3. The topological polar surface area (TPSA) is 78.9 Å². The predicted octanol–water partition coefficient (Wildman–Crippen LogP) is 4.15. The van der Waals surface area contributed by atoms with Gasteiger partial charge in [-0.1, -0.05) is 18.2 Å². The highest BCUT2D eigenvalue weighted by molar-refractivity contribution is 5.95. The molecule has 0 amide bonds. The number of ether oxygens (including phenoxy) is 2. The number of carbonyl (C=O) groups is 1. The van der Waals surface area contributed by atoms with E-state index >= 15 is 0 Å². The van der Waals surface area contributed by atoms with E-state index in [4.69, 9.17) is 18.3 Å². The minimum atomic E-state index is -0.474. The van der Waals surface area contributed by atoms with Crippen LogP contribution in [-0.2, 0) is 9.53 Å². The molecule has 4 aromatic rings. The van der Waals surface area contributed by atoms with Crippen molar-refractivity contribution in [2.24, 2.45) is 0 Å². The molecule has 0 spiro atoms. The van der Waals surface area contributed by atoms with Crippen LogP contribution in [0.1, 0.15) is 6.92 Å². The maximum atomic E-state index is 12.0. The van der Waals surface area contributed by atoms with Crippen molar-refractivity contribution < 1.29 is 23.1 Å². The molecule has 2 heterocycles. The molecule has 27 heavy (non-hydrogen) atoms. The van der Waals surface area contributed by atoms with Crippen LogP contribution in [0, 0.1) is 0 Å². The van der Waals surface area contributed by atoms with Crippen molar-refractivity contribution in [1.82, 2.24) is 0 Å². The van der Waals surface area contributed by atoms with Crippen LogP contribution in [0.3, 0.4) is 0 Å². The van der Waals surface area contributed by atoms with Gasteiger partial charge in [-0.3, -0.25) is 0 Å². The molecule has 0 fully saturated rings. The summed E-state index contributed by atoms with van der Waals surface area (Å²) in [6, 6.07) is 15.8. The van der Waals surface area contributed by atoms with Gasteiger partial charge in [0.2, 0.25) is 0 Å². The number of carbonyl (C=O) groups excluding carboxylic acids is 1. The van der Waals surface area contributed by atoms with Crippen molar-refractivity contribution in [2.45, 2.75) is 6.92 Å². The number of fused-ring (bicyclic) bond motifs is 2. The molecule has 0 saturated carbocycles. The normalized spacial score (nSPS) is 11.0. The largest absolute Gasteiger partial charge is 0.482 e. The molecule has 2 aromatic carbocycles. The van der Waals surface area contributed by atoms with E-state index in [1.165, 1.54) is 6.07 Å². The van der Waals surface area contributed by atoms with E-state index in [1.807, 2.05) is 30.3 Å². The molecule has 0 atom stereocenters. The minimum Gasteiger partial charge on any atom is -0.482 e. The molecular formula is C21H16O6. The molecule has 136 valence electrons. The van der Waals surface area contributed by atoms with Gasteiger partial charge in [0.05, 0.1) is 6.61 Å². The molecule has 0 saturated heterocycles. The molecule has 0 aliphatic rings. The average Bonchev–Trinajstić information content (AvgIpc) is 3.10. The zero-order valence-electron chi connectivity index (χ0n) is 14.6. The molecule has 6 heteroatoms. The van der Waals surface area contributed by atoms with Crippen LogP contribution < -0.4 is 10.4 Å². The zero-order chi connectivity index (χ0) is 18.8. The van der Waals surface area contributed by atoms with Crippen LogP contribution in [0.5, 0.6) is 5.75 Å². The molecular weight excluding hydrogens is 348 g/mol. The number of hydrogen-bond donors (Lipinski definition) is 0. The number of benzene rings is 2. The van der Waals surface area contributed by atoms with Crippen molar-refractivity contribution in [3.05, 3.63) is 65.0 Å².